The van der Waals surface area contributed by atoms with Crippen LogP contribution < -0.4 is 0 Å². The van der Waals surface area contributed by atoms with E-state index >= 15 is 0 Å². The van der Waals surface area contributed by atoms with Crippen molar-refractivity contribution in [1.82, 2.24) is 4.98 Å². The summed E-state index contributed by atoms with van der Waals surface area (Å²) >= 11 is 0. The molecule has 0 saturated heterocycles. The number of aromatic nitrogens is 1. The number of aliphatic imine (C=N–C) groups is 1. The van der Waals surface area contributed by atoms with Gasteiger partial charge in [-0.25, -0.2) is 0 Å². The van der Waals surface area contributed by atoms with Crippen LogP contribution in [0.1, 0.15) is 60.8 Å². The quantitative estimate of drug-likeness (QED) is 0.355. The zero-order chi connectivity index (χ0) is 23.7. The first kappa shape index (κ1) is 22.6. The third kappa shape index (κ3) is 4.56. The molecule has 2 atom stereocenters. The summed E-state index contributed by atoms with van der Waals surface area (Å²) in [6.45, 7) is 2.53. The van der Waals surface area contributed by atoms with Crippen molar-refractivity contribution in [1.29, 1.82) is 0 Å². The minimum absolute atomic E-state index is 0.381. The molecule has 0 spiro atoms. The molecule has 1 heterocycles. The number of fused-ring (bicyclic) bond motifs is 3. The van der Waals surface area contributed by atoms with Gasteiger partial charge in [0.15, 0.2) is 0 Å². The molecule has 2 nitrogen and oxygen atoms in total. The Hall–Kier alpha value is -3.21. The van der Waals surface area contributed by atoms with Gasteiger partial charge in [-0.15, -0.1) is 0 Å². The van der Waals surface area contributed by atoms with Gasteiger partial charge in [-0.1, -0.05) is 36.4 Å². The van der Waals surface area contributed by atoms with Crippen molar-refractivity contribution in [2.75, 3.05) is 6.54 Å². The summed E-state index contributed by atoms with van der Waals surface area (Å²) in [5, 5.41) is 0. The van der Waals surface area contributed by atoms with Crippen LogP contribution in [0, 0.1) is 5.92 Å². The van der Waals surface area contributed by atoms with E-state index < -0.39 is 11.7 Å². The van der Waals surface area contributed by atoms with Crippen LogP contribution >= 0.6 is 0 Å². The molecule has 3 aromatic rings. The van der Waals surface area contributed by atoms with Crippen molar-refractivity contribution in [3.63, 3.8) is 0 Å². The van der Waals surface area contributed by atoms with E-state index in [1.165, 1.54) is 12.1 Å². The number of hydrogen-bond donors (Lipinski definition) is 0. The Morgan fingerprint density at radius 3 is 2.62 bits per heavy atom. The predicted octanol–water partition coefficient (Wildman–Crippen LogP) is 7.95. The fraction of sp³-hybridized carbons (Fsp3) is 0.310. The van der Waals surface area contributed by atoms with Gasteiger partial charge >= 0.3 is 6.18 Å². The number of halogens is 3. The van der Waals surface area contributed by atoms with Gasteiger partial charge in [0.2, 0.25) is 0 Å². The molecule has 0 radical (unpaired) electrons. The zero-order valence-corrected chi connectivity index (χ0v) is 19.1. The highest BCUT2D eigenvalue weighted by atomic mass is 19.4. The van der Waals surface area contributed by atoms with Crippen molar-refractivity contribution >= 4 is 11.3 Å². The molecule has 1 saturated carbocycles. The number of rotatable bonds is 5. The van der Waals surface area contributed by atoms with Crippen LogP contribution in [0.25, 0.3) is 16.7 Å². The average molecular weight is 461 g/mol. The van der Waals surface area contributed by atoms with Crippen molar-refractivity contribution in [3.8, 4) is 11.1 Å². The molecular weight excluding hydrogens is 433 g/mol. The Morgan fingerprint density at radius 1 is 1.03 bits per heavy atom. The van der Waals surface area contributed by atoms with Gasteiger partial charge in [-0.05, 0) is 96.5 Å². The lowest BCUT2D eigenvalue weighted by atomic mass is 9.68. The van der Waals surface area contributed by atoms with Gasteiger partial charge in [0.25, 0.3) is 0 Å². The third-order valence-electron chi connectivity index (χ3n) is 7.22. The molecule has 1 aromatic heterocycles. The minimum atomic E-state index is -4.33. The second-order valence-corrected chi connectivity index (χ2v) is 9.25. The Kier molecular flexibility index (Phi) is 6.11. The number of allylic oxidation sites excluding steroid dienone is 1. The van der Waals surface area contributed by atoms with Crippen molar-refractivity contribution in [2.45, 2.75) is 44.7 Å². The lowest BCUT2D eigenvalue weighted by Gasteiger charge is -2.36. The van der Waals surface area contributed by atoms with E-state index in [4.69, 9.17) is 4.99 Å². The Morgan fingerprint density at radius 2 is 1.88 bits per heavy atom. The normalized spacial score (nSPS) is 20.0. The molecule has 0 N–H and O–H groups in total. The number of nitrogens with zero attached hydrogens (tertiary/aromatic N) is 2. The van der Waals surface area contributed by atoms with Crippen LogP contribution in [0.2, 0.25) is 0 Å². The maximum absolute atomic E-state index is 13.4. The van der Waals surface area contributed by atoms with Crippen molar-refractivity contribution in [3.05, 3.63) is 95.3 Å². The van der Waals surface area contributed by atoms with Crippen LogP contribution in [0.3, 0.4) is 0 Å². The second-order valence-electron chi connectivity index (χ2n) is 9.25. The Bertz CT molecular complexity index is 1240. The molecule has 5 rings (SSSR count). The van der Waals surface area contributed by atoms with Crippen molar-refractivity contribution < 1.29 is 13.2 Å². The maximum Gasteiger partial charge on any atom is 0.416 e. The topological polar surface area (TPSA) is 25.2 Å². The van der Waals surface area contributed by atoms with Gasteiger partial charge < -0.3 is 0 Å². The van der Waals surface area contributed by atoms with E-state index in [0.717, 1.165) is 58.4 Å². The maximum atomic E-state index is 13.4. The summed E-state index contributed by atoms with van der Waals surface area (Å²) in [5.41, 5.74) is 6.37. The highest BCUT2D eigenvalue weighted by molar-refractivity contribution is 5.99. The third-order valence-corrected chi connectivity index (χ3v) is 7.22. The standard InChI is InChI=1S/C29H27F3N2/c1-19(22-4-2-5-23(16-22)24-6-3-14-33-18-24)34-15-13-21-8-7-20-9-11-26(20)27-12-10-25(17-28(21)27)29(30,31)32/h2-6,8,10,12,14,16-18,20,26H,7,9,11,13,15H2,1H3. The van der Waals surface area contributed by atoms with E-state index in [2.05, 4.69) is 17.1 Å². The molecule has 0 aliphatic heterocycles. The van der Waals surface area contributed by atoms with Gasteiger partial charge in [0, 0.05) is 30.2 Å². The van der Waals surface area contributed by atoms with Crippen LogP contribution in [0.4, 0.5) is 13.2 Å². The smallest absolute Gasteiger partial charge is 0.289 e. The van der Waals surface area contributed by atoms with E-state index in [9.17, 15) is 13.2 Å². The van der Waals surface area contributed by atoms with E-state index in [1.54, 1.807) is 12.3 Å². The molecule has 0 bridgehead atoms. The summed E-state index contributed by atoms with van der Waals surface area (Å²) in [6, 6.07) is 16.4. The first-order chi connectivity index (χ1) is 16.4. The van der Waals surface area contributed by atoms with E-state index in [0.29, 0.717) is 24.8 Å². The van der Waals surface area contributed by atoms with E-state index in [-0.39, 0.29) is 0 Å². The molecule has 1 fully saturated rings. The summed E-state index contributed by atoms with van der Waals surface area (Å²) in [7, 11) is 0. The van der Waals surface area contributed by atoms with Crippen LogP contribution in [-0.2, 0) is 6.18 Å². The van der Waals surface area contributed by atoms with E-state index in [1.807, 2.05) is 43.5 Å². The van der Waals surface area contributed by atoms with Gasteiger partial charge in [-0.2, -0.15) is 13.2 Å². The Labute approximate surface area is 198 Å². The molecule has 5 heteroatoms. The van der Waals surface area contributed by atoms with Gasteiger partial charge in [-0.3, -0.25) is 9.98 Å². The summed E-state index contributed by atoms with van der Waals surface area (Å²) < 4.78 is 40.3. The predicted molar refractivity (Wildman–Crippen MR) is 131 cm³/mol. The van der Waals surface area contributed by atoms with Gasteiger partial charge in [0.1, 0.15) is 0 Å². The number of alkyl halides is 3. The number of hydrogen-bond acceptors (Lipinski definition) is 2. The molecule has 2 aromatic carbocycles. The SMILES string of the molecule is CC(=NCCC1=CCC2CCC2c2ccc(C(F)(F)F)cc21)c1cccc(-c2cccnc2)c1. The number of benzene rings is 2. The first-order valence-corrected chi connectivity index (χ1v) is 11.8. The van der Waals surface area contributed by atoms with Crippen LogP contribution in [0.5, 0.6) is 0 Å². The molecule has 0 amide bonds. The Balaban J connectivity index is 1.37. The monoisotopic (exact) mass is 460 g/mol. The van der Waals surface area contributed by atoms with Crippen molar-refractivity contribution in [2.24, 2.45) is 10.9 Å². The molecular formula is C29H27F3N2. The fourth-order valence-corrected chi connectivity index (χ4v) is 5.13. The fourth-order valence-electron chi connectivity index (χ4n) is 5.13. The van der Waals surface area contributed by atoms with Gasteiger partial charge in [0.05, 0.1) is 5.56 Å². The summed E-state index contributed by atoms with van der Waals surface area (Å²) in [4.78, 5) is 8.98. The lowest BCUT2D eigenvalue weighted by Crippen LogP contribution is -2.23. The molecule has 34 heavy (non-hydrogen) atoms. The van der Waals surface area contributed by atoms with Crippen LogP contribution in [0.15, 0.2) is 78.1 Å². The molecule has 174 valence electrons. The van der Waals surface area contributed by atoms with Crippen LogP contribution in [-0.4, -0.2) is 17.2 Å². The molecule has 2 aliphatic rings. The average Bonchev–Trinajstić information content (AvgIpc) is 2.92. The lowest BCUT2D eigenvalue weighted by molar-refractivity contribution is -0.137. The highest BCUT2D eigenvalue weighted by Crippen LogP contribution is 2.50. The summed E-state index contributed by atoms with van der Waals surface area (Å²) in [6.07, 6.45) is 5.21. The summed E-state index contributed by atoms with van der Waals surface area (Å²) in [5.74, 6) is 0.930. The molecule has 2 unspecified atom stereocenters. The molecule has 2 aliphatic carbocycles. The highest BCUT2D eigenvalue weighted by Gasteiger charge is 2.37. The number of pyridine rings is 1. The first-order valence-electron chi connectivity index (χ1n) is 11.8. The minimum Gasteiger partial charge on any atom is -0.289 e. The second kappa shape index (κ2) is 9.21. The zero-order valence-electron chi connectivity index (χ0n) is 19.1. The largest absolute Gasteiger partial charge is 0.416 e.